The Balaban J connectivity index is 1.91. The zero-order valence-corrected chi connectivity index (χ0v) is 10.9. The molecule has 18 heavy (non-hydrogen) atoms. The first-order valence-corrected chi connectivity index (χ1v) is 6.55. The number of benzene rings is 1. The van der Waals surface area contributed by atoms with Gasteiger partial charge in [-0.3, -0.25) is 0 Å². The van der Waals surface area contributed by atoms with E-state index in [1.165, 1.54) is 12.2 Å². The fourth-order valence-corrected chi connectivity index (χ4v) is 2.39. The van der Waals surface area contributed by atoms with Gasteiger partial charge in [-0.25, -0.2) is 4.98 Å². The van der Waals surface area contributed by atoms with Crippen LogP contribution in [0.5, 0.6) is 5.75 Å². The van der Waals surface area contributed by atoms with Crippen molar-refractivity contribution in [1.29, 1.82) is 0 Å². The normalized spacial score (nSPS) is 13.9. The van der Waals surface area contributed by atoms with Gasteiger partial charge in [-0.05, 0) is 32.4 Å². The van der Waals surface area contributed by atoms with E-state index in [0.717, 1.165) is 30.0 Å². The molecule has 0 atom stereocenters. The summed E-state index contributed by atoms with van der Waals surface area (Å²) in [5.41, 5.74) is 2.19. The Labute approximate surface area is 107 Å². The maximum Gasteiger partial charge on any atom is 0.120 e. The first kappa shape index (κ1) is 11.3. The Morgan fingerprint density at radius 1 is 1.33 bits per heavy atom. The van der Waals surface area contributed by atoms with Crippen LogP contribution in [-0.4, -0.2) is 15.7 Å². The summed E-state index contributed by atoms with van der Waals surface area (Å²) in [6, 6.07) is 8.17. The van der Waals surface area contributed by atoms with Crippen molar-refractivity contribution in [2.75, 3.05) is 0 Å². The lowest BCUT2D eigenvalue weighted by Crippen LogP contribution is -2.05. The van der Waals surface area contributed by atoms with Crippen LogP contribution in [0.2, 0.25) is 0 Å². The first-order chi connectivity index (χ1) is 8.72. The van der Waals surface area contributed by atoms with Crippen molar-refractivity contribution in [3.63, 3.8) is 0 Å². The van der Waals surface area contributed by atoms with E-state index in [4.69, 9.17) is 4.74 Å². The van der Waals surface area contributed by atoms with Gasteiger partial charge < -0.3 is 9.30 Å². The predicted molar refractivity (Wildman–Crippen MR) is 71.7 cm³/mol. The van der Waals surface area contributed by atoms with E-state index in [0.29, 0.717) is 0 Å². The highest BCUT2D eigenvalue weighted by Crippen LogP contribution is 2.26. The minimum absolute atomic E-state index is 0.201. The van der Waals surface area contributed by atoms with E-state index < -0.39 is 0 Å². The molecule has 2 heterocycles. The molecule has 1 aliphatic rings. The molecule has 0 saturated heterocycles. The van der Waals surface area contributed by atoms with Crippen molar-refractivity contribution in [2.45, 2.75) is 39.3 Å². The molecule has 94 valence electrons. The van der Waals surface area contributed by atoms with Gasteiger partial charge in [-0.15, -0.1) is 0 Å². The van der Waals surface area contributed by atoms with Gasteiger partial charge in [0.25, 0.3) is 0 Å². The van der Waals surface area contributed by atoms with E-state index in [2.05, 4.69) is 27.9 Å². The van der Waals surface area contributed by atoms with Crippen LogP contribution < -0.4 is 4.74 Å². The standard InChI is InChI=1S/C15H18N2O/c1-11(2)18-13-6-3-5-12(9-13)14-10-17-8-4-7-15(17)16-14/h3,5-6,9-11H,4,7-8H2,1-2H3. The Morgan fingerprint density at radius 2 is 2.22 bits per heavy atom. The zero-order chi connectivity index (χ0) is 12.5. The van der Waals surface area contributed by atoms with E-state index in [1.807, 2.05) is 26.0 Å². The van der Waals surface area contributed by atoms with Crippen LogP contribution in [0.3, 0.4) is 0 Å². The SMILES string of the molecule is CC(C)Oc1cccc(-c2cn3c(n2)CCC3)c1. The molecule has 3 rings (SSSR count). The monoisotopic (exact) mass is 242 g/mol. The van der Waals surface area contributed by atoms with Crippen molar-refractivity contribution in [1.82, 2.24) is 9.55 Å². The summed E-state index contributed by atoms with van der Waals surface area (Å²) in [5, 5.41) is 0. The molecule has 1 aliphatic heterocycles. The van der Waals surface area contributed by atoms with Crippen LogP contribution in [0.4, 0.5) is 0 Å². The van der Waals surface area contributed by atoms with Crippen molar-refractivity contribution >= 4 is 0 Å². The minimum atomic E-state index is 0.201. The van der Waals surface area contributed by atoms with Gasteiger partial charge in [-0.1, -0.05) is 12.1 Å². The second-order valence-corrected chi connectivity index (χ2v) is 5.03. The number of ether oxygens (including phenoxy) is 1. The Kier molecular flexibility index (Phi) is 2.82. The van der Waals surface area contributed by atoms with Crippen LogP contribution >= 0.6 is 0 Å². The number of rotatable bonds is 3. The smallest absolute Gasteiger partial charge is 0.120 e. The molecule has 0 unspecified atom stereocenters. The molecule has 3 heteroatoms. The molecule has 1 aromatic heterocycles. The Hall–Kier alpha value is -1.77. The van der Waals surface area contributed by atoms with E-state index in [9.17, 15) is 0 Å². The molecular weight excluding hydrogens is 224 g/mol. The molecule has 0 aliphatic carbocycles. The van der Waals surface area contributed by atoms with E-state index >= 15 is 0 Å². The second-order valence-electron chi connectivity index (χ2n) is 5.03. The topological polar surface area (TPSA) is 27.1 Å². The largest absolute Gasteiger partial charge is 0.491 e. The lowest BCUT2D eigenvalue weighted by molar-refractivity contribution is 0.242. The fourth-order valence-electron chi connectivity index (χ4n) is 2.39. The molecule has 0 radical (unpaired) electrons. The highest BCUT2D eigenvalue weighted by molar-refractivity contribution is 5.61. The Bertz CT molecular complexity index is 536. The second kappa shape index (κ2) is 4.48. The van der Waals surface area contributed by atoms with Gasteiger partial charge in [0.15, 0.2) is 0 Å². The van der Waals surface area contributed by atoms with Gasteiger partial charge >= 0.3 is 0 Å². The number of imidazole rings is 1. The molecule has 2 aromatic rings. The highest BCUT2D eigenvalue weighted by atomic mass is 16.5. The molecule has 0 amide bonds. The third-order valence-electron chi connectivity index (χ3n) is 3.16. The predicted octanol–water partition coefficient (Wildman–Crippen LogP) is 3.28. The molecule has 0 bridgehead atoms. The summed E-state index contributed by atoms with van der Waals surface area (Å²) < 4.78 is 7.97. The average Bonchev–Trinajstić information content (AvgIpc) is 2.88. The number of fused-ring (bicyclic) bond motifs is 1. The maximum atomic E-state index is 5.72. The Morgan fingerprint density at radius 3 is 3.00 bits per heavy atom. The van der Waals surface area contributed by atoms with Crippen LogP contribution in [0.1, 0.15) is 26.1 Å². The lowest BCUT2D eigenvalue weighted by Gasteiger charge is -2.10. The summed E-state index contributed by atoms with van der Waals surface area (Å²) in [7, 11) is 0. The maximum absolute atomic E-state index is 5.72. The summed E-state index contributed by atoms with van der Waals surface area (Å²) in [5.74, 6) is 2.12. The average molecular weight is 242 g/mol. The van der Waals surface area contributed by atoms with Gasteiger partial charge in [0.1, 0.15) is 11.6 Å². The first-order valence-electron chi connectivity index (χ1n) is 6.55. The van der Waals surface area contributed by atoms with Crippen LogP contribution in [0.25, 0.3) is 11.3 Å². The molecule has 0 spiro atoms. The number of aromatic nitrogens is 2. The summed E-state index contributed by atoms with van der Waals surface area (Å²) in [6.45, 7) is 5.18. The quantitative estimate of drug-likeness (QED) is 0.826. The van der Waals surface area contributed by atoms with Gasteiger partial charge in [0, 0.05) is 24.7 Å². The number of nitrogens with zero attached hydrogens (tertiary/aromatic N) is 2. The van der Waals surface area contributed by atoms with Gasteiger partial charge in [0.05, 0.1) is 11.8 Å². The minimum Gasteiger partial charge on any atom is -0.491 e. The van der Waals surface area contributed by atoms with Crippen molar-refractivity contribution in [3.05, 3.63) is 36.3 Å². The van der Waals surface area contributed by atoms with Crippen LogP contribution in [0.15, 0.2) is 30.5 Å². The zero-order valence-electron chi connectivity index (χ0n) is 10.9. The summed E-state index contributed by atoms with van der Waals surface area (Å²) in [6.07, 6.45) is 4.67. The van der Waals surface area contributed by atoms with E-state index in [1.54, 1.807) is 0 Å². The third kappa shape index (κ3) is 2.13. The number of aryl methyl sites for hydroxylation is 2. The fraction of sp³-hybridized carbons (Fsp3) is 0.400. The van der Waals surface area contributed by atoms with Gasteiger partial charge in [-0.2, -0.15) is 0 Å². The van der Waals surface area contributed by atoms with E-state index in [-0.39, 0.29) is 6.10 Å². The van der Waals surface area contributed by atoms with Crippen molar-refractivity contribution < 1.29 is 4.74 Å². The molecular formula is C15H18N2O. The lowest BCUT2D eigenvalue weighted by atomic mass is 10.1. The third-order valence-corrected chi connectivity index (χ3v) is 3.16. The molecule has 3 nitrogen and oxygen atoms in total. The summed E-state index contributed by atoms with van der Waals surface area (Å²) >= 11 is 0. The highest BCUT2D eigenvalue weighted by Gasteiger charge is 2.14. The number of hydrogen-bond acceptors (Lipinski definition) is 2. The molecule has 0 fully saturated rings. The van der Waals surface area contributed by atoms with Crippen LogP contribution in [0, 0.1) is 0 Å². The molecule has 1 aromatic carbocycles. The van der Waals surface area contributed by atoms with Crippen LogP contribution in [-0.2, 0) is 13.0 Å². The molecule has 0 N–H and O–H groups in total. The summed E-state index contributed by atoms with van der Waals surface area (Å²) in [4.78, 5) is 4.69. The molecule has 0 saturated carbocycles. The van der Waals surface area contributed by atoms with Crippen molar-refractivity contribution in [3.8, 4) is 17.0 Å². The van der Waals surface area contributed by atoms with Gasteiger partial charge in [0.2, 0.25) is 0 Å². The number of hydrogen-bond donors (Lipinski definition) is 0. The van der Waals surface area contributed by atoms with Crippen molar-refractivity contribution in [2.24, 2.45) is 0 Å².